The summed E-state index contributed by atoms with van der Waals surface area (Å²) in [4.78, 5) is 0. The van der Waals surface area contributed by atoms with Crippen molar-refractivity contribution in [2.24, 2.45) is 11.7 Å². The van der Waals surface area contributed by atoms with Crippen LogP contribution in [-0.2, 0) is 0 Å². The molecule has 1 aliphatic carbocycles. The van der Waals surface area contributed by atoms with E-state index in [4.69, 9.17) is 10.5 Å². The monoisotopic (exact) mass is 234 g/mol. The van der Waals surface area contributed by atoms with Crippen molar-refractivity contribution in [3.05, 3.63) is 23.8 Å². The molecule has 94 valence electrons. The highest BCUT2D eigenvalue weighted by molar-refractivity contribution is 5.54. The third kappa shape index (κ3) is 2.72. The lowest BCUT2D eigenvalue weighted by Gasteiger charge is -2.22. The molecule has 1 aromatic carbocycles. The van der Waals surface area contributed by atoms with E-state index in [9.17, 15) is 0 Å². The van der Waals surface area contributed by atoms with Crippen LogP contribution in [0.25, 0.3) is 0 Å². The summed E-state index contributed by atoms with van der Waals surface area (Å²) in [5.41, 5.74) is 8.24. The van der Waals surface area contributed by atoms with Gasteiger partial charge in [0.2, 0.25) is 0 Å². The summed E-state index contributed by atoms with van der Waals surface area (Å²) in [6.07, 6.45) is 3.77. The number of anilines is 1. The van der Waals surface area contributed by atoms with Crippen molar-refractivity contribution in [2.75, 3.05) is 19.0 Å². The Labute approximate surface area is 103 Å². The van der Waals surface area contributed by atoms with E-state index in [1.165, 1.54) is 30.5 Å². The highest BCUT2D eigenvalue weighted by Crippen LogP contribution is 2.29. The van der Waals surface area contributed by atoms with Gasteiger partial charge in [0.05, 0.1) is 7.11 Å². The molecule has 0 amide bonds. The minimum absolute atomic E-state index is 0.534. The number of ether oxygens (including phenoxy) is 1. The first-order chi connectivity index (χ1) is 8.24. The zero-order valence-corrected chi connectivity index (χ0v) is 10.7. The fraction of sp³-hybridized carbons (Fsp3) is 0.571. The van der Waals surface area contributed by atoms with Crippen molar-refractivity contribution in [1.29, 1.82) is 0 Å². The molecule has 0 radical (unpaired) electrons. The molecular weight excluding hydrogens is 212 g/mol. The van der Waals surface area contributed by atoms with Gasteiger partial charge in [-0.2, -0.15) is 0 Å². The van der Waals surface area contributed by atoms with Gasteiger partial charge in [0.15, 0.2) is 0 Å². The summed E-state index contributed by atoms with van der Waals surface area (Å²) in [6.45, 7) is 2.89. The Bertz CT molecular complexity index is 378. The van der Waals surface area contributed by atoms with Gasteiger partial charge in [-0.25, -0.2) is 0 Å². The Kier molecular flexibility index (Phi) is 3.89. The predicted octanol–water partition coefficient (Wildman–Crippen LogP) is 2.54. The van der Waals surface area contributed by atoms with Crippen molar-refractivity contribution in [3.63, 3.8) is 0 Å². The third-order valence-corrected chi connectivity index (χ3v) is 3.74. The zero-order valence-electron chi connectivity index (χ0n) is 10.7. The van der Waals surface area contributed by atoms with E-state index < -0.39 is 0 Å². The van der Waals surface area contributed by atoms with E-state index in [2.05, 4.69) is 24.4 Å². The molecule has 1 saturated carbocycles. The van der Waals surface area contributed by atoms with Gasteiger partial charge in [-0.15, -0.1) is 0 Å². The summed E-state index contributed by atoms with van der Waals surface area (Å²) in [5.74, 6) is 1.53. The first-order valence-corrected chi connectivity index (χ1v) is 6.36. The normalized spacial score (nSPS) is 23.7. The number of rotatable bonds is 4. The second-order valence-corrected chi connectivity index (χ2v) is 4.86. The number of aryl methyl sites for hydroxylation is 1. The molecule has 3 nitrogen and oxygen atoms in total. The van der Waals surface area contributed by atoms with Crippen molar-refractivity contribution in [3.8, 4) is 5.75 Å². The highest BCUT2D eigenvalue weighted by Gasteiger charge is 2.25. The van der Waals surface area contributed by atoms with Crippen molar-refractivity contribution in [2.45, 2.75) is 32.2 Å². The van der Waals surface area contributed by atoms with Crippen LogP contribution in [0.1, 0.15) is 24.8 Å². The Morgan fingerprint density at radius 3 is 2.88 bits per heavy atom. The molecule has 2 atom stereocenters. The summed E-state index contributed by atoms with van der Waals surface area (Å²) >= 11 is 0. The third-order valence-electron chi connectivity index (χ3n) is 3.74. The first kappa shape index (κ1) is 12.2. The van der Waals surface area contributed by atoms with Crippen LogP contribution < -0.4 is 15.8 Å². The Morgan fingerprint density at radius 2 is 2.24 bits per heavy atom. The SMILES string of the molecule is COc1ccc(NC2CCCC2CN)c(C)c1. The molecule has 0 bridgehead atoms. The van der Waals surface area contributed by atoms with Gasteiger partial charge in [-0.3, -0.25) is 0 Å². The maximum Gasteiger partial charge on any atom is 0.119 e. The van der Waals surface area contributed by atoms with E-state index >= 15 is 0 Å². The van der Waals surface area contributed by atoms with Crippen molar-refractivity contribution < 1.29 is 4.74 Å². The lowest BCUT2D eigenvalue weighted by molar-refractivity contribution is 0.414. The van der Waals surface area contributed by atoms with Gasteiger partial charge in [-0.05, 0) is 56.0 Å². The summed E-state index contributed by atoms with van der Waals surface area (Å²) < 4.78 is 5.21. The first-order valence-electron chi connectivity index (χ1n) is 6.36. The Balaban J connectivity index is 2.08. The lowest BCUT2D eigenvalue weighted by atomic mass is 10.0. The molecule has 2 unspecified atom stereocenters. The van der Waals surface area contributed by atoms with Crippen molar-refractivity contribution in [1.82, 2.24) is 0 Å². The van der Waals surface area contributed by atoms with Crippen LogP contribution in [-0.4, -0.2) is 19.7 Å². The average Bonchev–Trinajstić information content (AvgIpc) is 2.79. The largest absolute Gasteiger partial charge is 0.497 e. The molecule has 1 aliphatic rings. The topological polar surface area (TPSA) is 47.3 Å². The number of hydrogen-bond donors (Lipinski definition) is 2. The summed E-state index contributed by atoms with van der Waals surface area (Å²) in [7, 11) is 1.70. The van der Waals surface area contributed by atoms with Crippen LogP contribution in [0.15, 0.2) is 18.2 Å². The molecule has 0 saturated heterocycles. The second-order valence-electron chi connectivity index (χ2n) is 4.86. The van der Waals surface area contributed by atoms with Crippen molar-refractivity contribution >= 4 is 5.69 Å². The maximum absolute atomic E-state index is 5.80. The number of hydrogen-bond acceptors (Lipinski definition) is 3. The number of methoxy groups -OCH3 is 1. The molecule has 2 rings (SSSR count). The van der Waals surface area contributed by atoms with Crippen LogP contribution in [0.2, 0.25) is 0 Å². The van der Waals surface area contributed by atoms with E-state index in [-0.39, 0.29) is 0 Å². The number of benzene rings is 1. The molecule has 0 spiro atoms. The molecule has 0 aliphatic heterocycles. The zero-order chi connectivity index (χ0) is 12.3. The minimum Gasteiger partial charge on any atom is -0.497 e. The average molecular weight is 234 g/mol. The molecule has 3 N–H and O–H groups in total. The summed E-state index contributed by atoms with van der Waals surface area (Å²) in [5, 5.41) is 3.63. The van der Waals surface area contributed by atoms with E-state index in [0.29, 0.717) is 12.0 Å². The van der Waals surface area contributed by atoms with Gasteiger partial charge < -0.3 is 15.8 Å². The van der Waals surface area contributed by atoms with E-state index in [1.54, 1.807) is 7.11 Å². The van der Waals surface area contributed by atoms with Gasteiger partial charge in [-0.1, -0.05) is 6.42 Å². The molecular formula is C14H22N2O. The molecule has 0 heterocycles. The van der Waals surface area contributed by atoms with Gasteiger partial charge in [0.25, 0.3) is 0 Å². The van der Waals surface area contributed by atoms with E-state index in [0.717, 1.165) is 12.3 Å². The van der Waals surface area contributed by atoms with Gasteiger partial charge in [0.1, 0.15) is 5.75 Å². The molecule has 3 heteroatoms. The standard InChI is InChI=1S/C14H22N2O/c1-10-8-12(17-2)6-7-13(10)16-14-5-3-4-11(14)9-15/h6-8,11,14,16H,3-5,9,15H2,1-2H3. The second kappa shape index (κ2) is 5.41. The maximum atomic E-state index is 5.80. The Morgan fingerprint density at radius 1 is 1.41 bits per heavy atom. The predicted molar refractivity (Wildman–Crippen MR) is 71.5 cm³/mol. The smallest absolute Gasteiger partial charge is 0.119 e. The summed E-state index contributed by atoms with van der Waals surface area (Å²) in [6, 6.07) is 6.70. The van der Waals surface area contributed by atoms with Crippen LogP contribution >= 0.6 is 0 Å². The fourth-order valence-corrected chi connectivity index (χ4v) is 2.63. The van der Waals surface area contributed by atoms with Crippen LogP contribution in [0.4, 0.5) is 5.69 Å². The minimum atomic E-state index is 0.534. The van der Waals surface area contributed by atoms with Crippen LogP contribution in [0.3, 0.4) is 0 Å². The highest BCUT2D eigenvalue weighted by atomic mass is 16.5. The molecule has 1 aromatic rings. The fourth-order valence-electron chi connectivity index (χ4n) is 2.63. The Hall–Kier alpha value is -1.22. The molecule has 0 aromatic heterocycles. The molecule has 17 heavy (non-hydrogen) atoms. The molecule has 1 fully saturated rings. The lowest BCUT2D eigenvalue weighted by Crippen LogP contribution is -2.29. The van der Waals surface area contributed by atoms with Gasteiger partial charge >= 0.3 is 0 Å². The van der Waals surface area contributed by atoms with E-state index in [1.807, 2.05) is 6.07 Å². The van der Waals surface area contributed by atoms with Crippen LogP contribution in [0.5, 0.6) is 5.75 Å². The number of nitrogens with one attached hydrogen (secondary N) is 1. The number of nitrogens with two attached hydrogens (primary N) is 1. The van der Waals surface area contributed by atoms with Crippen LogP contribution in [0, 0.1) is 12.8 Å². The quantitative estimate of drug-likeness (QED) is 0.841. The van der Waals surface area contributed by atoms with Gasteiger partial charge in [0, 0.05) is 11.7 Å².